The van der Waals surface area contributed by atoms with Gasteiger partial charge in [-0.3, -0.25) is 0 Å². The van der Waals surface area contributed by atoms with Crippen molar-refractivity contribution in [1.29, 1.82) is 0 Å². The highest BCUT2D eigenvalue weighted by Gasteiger charge is 2.26. The molecule has 1 aliphatic rings. The number of hydrogen-bond donors (Lipinski definition) is 0. The second-order valence-electron chi connectivity index (χ2n) is 4.81. The lowest BCUT2D eigenvalue weighted by Crippen LogP contribution is -2.05. The molecule has 3 rings (SSSR count). The number of rotatable bonds is 4. The molecule has 0 aromatic carbocycles. The Morgan fingerprint density at radius 3 is 3.05 bits per heavy atom. The highest BCUT2D eigenvalue weighted by atomic mass is 16.5. The van der Waals surface area contributed by atoms with Gasteiger partial charge in [-0.1, -0.05) is 5.11 Å². The van der Waals surface area contributed by atoms with Crippen molar-refractivity contribution in [3.63, 3.8) is 0 Å². The van der Waals surface area contributed by atoms with E-state index in [4.69, 9.17) is 10.3 Å². The van der Waals surface area contributed by atoms with Crippen molar-refractivity contribution >= 4 is 11.6 Å². The van der Waals surface area contributed by atoms with Crippen LogP contribution < -0.4 is 0 Å². The van der Waals surface area contributed by atoms with Gasteiger partial charge in [0, 0.05) is 17.3 Å². The Balaban J connectivity index is 2.13. The third-order valence-electron chi connectivity index (χ3n) is 3.37. The number of esters is 1. The second kappa shape index (κ2) is 4.86. The van der Waals surface area contributed by atoms with E-state index < -0.39 is 5.97 Å². The first kappa shape index (κ1) is 12.5. The Labute approximate surface area is 114 Å². The van der Waals surface area contributed by atoms with E-state index in [0.717, 1.165) is 18.4 Å². The summed E-state index contributed by atoms with van der Waals surface area (Å²) >= 11 is 0. The average Bonchev–Trinajstić information content (AvgIpc) is 3.23. The summed E-state index contributed by atoms with van der Waals surface area (Å²) < 4.78 is 6.62. The molecule has 1 fully saturated rings. The first-order valence-corrected chi connectivity index (χ1v) is 6.33. The van der Waals surface area contributed by atoms with Gasteiger partial charge in [0.1, 0.15) is 5.56 Å². The largest absolute Gasteiger partial charge is 0.465 e. The lowest BCUT2D eigenvalue weighted by Gasteiger charge is -2.05. The molecule has 1 saturated carbocycles. The molecule has 20 heavy (non-hydrogen) atoms. The summed E-state index contributed by atoms with van der Waals surface area (Å²) in [5.74, 6) is 0.115. The van der Waals surface area contributed by atoms with Crippen molar-refractivity contribution < 1.29 is 9.53 Å². The number of carbonyl (C=O) groups is 1. The van der Waals surface area contributed by atoms with Gasteiger partial charge in [0.25, 0.3) is 0 Å². The van der Waals surface area contributed by atoms with E-state index in [0.29, 0.717) is 22.8 Å². The Hall–Kier alpha value is -2.53. The molecule has 7 nitrogen and oxygen atoms in total. The number of azide groups is 1. The standard InChI is InChI=1S/C13H13N5O2/c1-20-13(19)11-4-9(8-2-3-8)6-18-7-10(5-15-17-14)16-12(11)18/h4,6-8H,2-3,5H2,1H3. The molecule has 0 aliphatic heterocycles. The van der Waals surface area contributed by atoms with Crippen LogP contribution in [0.25, 0.3) is 16.1 Å². The molecule has 0 N–H and O–H groups in total. The van der Waals surface area contributed by atoms with Gasteiger partial charge in [-0.25, -0.2) is 9.78 Å². The van der Waals surface area contributed by atoms with Crippen LogP contribution in [0.3, 0.4) is 0 Å². The number of pyridine rings is 1. The summed E-state index contributed by atoms with van der Waals surface area (Å²) in [5, 5.41) is 3.49. The van der Waals surface area contributed by atoms with Crippen LogP contribution in [0.1, 0.15) is 40.4 Å². The van der Waals surface area contributed by atoms with Crippen LogP contribution >= 0.6 is 0 Å². The van der Waals surface area contributed by atoms with Crippen molar-refractivity contribution in [2.45, 2.75) is 25.3 Å². The molecule has 0 saturated heterocycles. The van der Waals surface area contributed by atoms with Crippen LogP contribution in [0, 0.1) is 0 Å². The third kappa shape index (κ3) is 2.19. The highest BCUT2D eigenvalue weighted by Crippen LogP contribution is 2.40. The fourth-order valence-electron chi connectivity index (χ4n) is 2.25. The number of hydrogen-bond acceptors (Lipinski definition) is 4. The summed E-state index contributed by atoms with van der Waals surface area (Å²) in [4.78, 5) is 18.9. The zero-order valence-electron chi connectivity index (χ0n) is 11.0. The number of aromatic nitrogens is 2. The lowest BCUT2D eigenvalue weighted by molar-refractivity contribution is 0.0602. The van der Waals surface area contributed by atoms with E-state index in [2.05, 4.69) is 15.0 Å². The second-order valence-corrected chi connectivity index (χ2v) is 4.81. The Morgan fingerprint density at radius 1 is 1.60 bits per heavy atom. The Morgan fingerprint density at radius 2 is 2.40 bits per heavy atom. The molecule has 0 unspecified atom stereocenters. The lowest BCUT2D eigenvalue weighted by atomic mass is 10.1. The monoisotopic (exact) mass is 271 g/mol. The van der Waals surface area contributed by atoms with Crippen molar-refractivity contribution in [3.05, 3.63) is 45.7 Å². The van der Waals surface area contributed by atoms with Crippen molar-refractivity contribution in [1.82, 2.24) is 9.38 Å². The molecule has 2 aromatic rings. The highest BCUT2D eigenvalue weighted by molar-refractivity contribution is 5.96. The van der Waals surface area contributed by atoms with E-state index in [1.807, 2.05) is 16.7 Å². The molecular weight excluding hydrogens is 258 g/mol. The first-order valence-electron chi connectivity index (χ1n) is 6.33. The van der Waals surface area contributed by atoms with Gasteiger partial charge in [0.05, 0.1) is 19.3 Å². The normalized spacial score (nSPS) is 14.1. The molecule has 0 atom stereocenters. The van der Waals surface area contributed by atoms with Crippen LogP contribution in [0.2, 0.25) is 0 Å². The Bertz CT molecular complexity index is 726. The molecule has 0 bridgehead atoms. The SMILES string of the molecule is COC(=O)c1cc(C2CC2)cn2cc(CN=[N+]=[N-])nc12. The number of nitrogens with zero attached hydrogens (tertiary/aromatic N) is 5. The minimum Gasteiger partial charge on any atom is -0.465 e. The van der Waals surface area contributed by atoms with Gasteiger partial charge >= 0.3 is 5.97 Å². The van der Waals surface area contributed by atoms with Crippen LogP contribution in [0.4, 0.5) is 0 Å². The van der Waals surface area contributed by atoms with Crippen LogP contribution in [-0.2, 0) is 11.3 Å². The predicted molar refractivity (Wildman–Crippen MR) is 71.4 cm³/mol. The molecular formula is C13H13N5O2. The molecule has 1 aliphatic carbocycles. The molecule has 7 heteroatoms. The van der Waals surface area contributed by atoms with Gasteiger partial charge in [0.15, 0.2) is 5.65 Å². The fraction of sp³-hybridized carbons (Fsp3) is 0.385. The van der Waals surface area contributed by atoms with Gasteiger partial charge < -0.3 is 9.14 Å². The number of methoxy groups -OCH3 is 1. The minimum absolute atomic E-state index is 0.164. The zero-order valence-corrected chi connectivity index (χ0v) is 11.0. The summed E-state index contributed by atoms with van der Waals surface area (Å²) in [6.45, 7) is 0.164. The fourth-order valence-corrected chi connectivity index (χ4v) is 2.25. The van der Waals surface area contributed by atoms with E-state index >= 15 is 0 Å². The van der Waals surface area contributed by atoms with Gasteiger partial charge in [-0.05, 0) is 35.9 Å². The quantitative estimate of drug-likeness (QED) is 0.370. The first-order chi connectivity index (χ1) is 9.72. The van der Waals surface area contributed by atoms with Gasteiger partial charge in [0.2, 0.25) is 0 Å². The summed E-state index contributed by atoms with van der Waals surface area (Å²) in [5.41, 5.74) is 11.1. The Kier molecular flexibility index (Phi) is 3.04. The number of carbonyl (C=O) groups excluding carboxylic acids is 1. The van der Waals surface area contributed by atoms with Crippen molar-refractivity contribution in [2.24, 2.45) is 5.11 Å². The maximum Gasteiger partial charge on any atom is 0.341 e. The van der Waals surface area contributed by atoms with Gasteiger partial charge in [-0.15, -0.1) is 0 Å². The number of ether oxygens (including phenoxy) is 1. The topological polar surface area (TPSA) is 92.4 Å². The smallest absolute Gasteiger partial charge is 0.341 e. The predicted octanol–water partition coefficient (Wildman–Crippen LogP) is 2.81. The van der Waals surface area contributed by atoms with E-state index in [1.54, 1.807) is 6.20 Å². The van der Waals surface area contributed by atoms with E-state index in [1.165, 1.54) is 7.11 Å². The maximum absolute atomic E-state index is 11.9. The maximum atomic E-state index is 11.9. The van der Waals surface area contributed by atoms with Crippen LogP contribution in [0.15, 0.2) is 23.6 Å². The average molecular weight is 271 g/mol. The molecule has 2 heterocycles. The van der Waals surface area contributed by atoms with Gasteiger partial charge in [-0.2, -0.15) is 0 Å². The molecule has 0 radical (unpaired) electrons. The summed E-state index contributed by atoms with van der Waals surface area (Å²) in [6, 6.07) is 1.85. The molecule has 102 valence electrons. The molecule has 2 aromatic heterocycles. The zero-order chi connectivity index (χ0) is 14.1. The summed E-state index contributed by atoms with van der Waals surface area (Å²) in [7, 11) is 1.35. The van der Waals surface area contributed by atoms with Crippen molar-refractivity contribution in [2.75, 3.05) is 7.11 Å². The van der Waals surface area contributed by atoms with E-state index in [-0.39, 0.29) is 6.54 Å². The van der Waals surface area contributed by atoms with Crippen LogP contribution in [0.5, 0.6) is 0 Å². The number of imidazole rings is 1. The summed E-state index contributed by atoms with van der Waals surface area (Å²) in [6.07, 6.45) is 6.05. The molecule has 0 spiro atoms. The van der Waals surface area contributed by atoms with Crippen molar-refractivity contribution in [3.8, 4) is 0 Å². The van der Waals surface area contributed by atoms with E-state index in [9.17, 15) is 4.79 Å². The minimum atomic E-state index is -0.404. The van der Waals surface area contributed by atoms with Crippen LogP contribution in [-0.4, -0.2) is 22.5 Å². The molecule has 0 amide bonds. The third-order valence-corrected chi connectivity index (χ3v) is 3.37. The number of fused-ring (bicyclic) bond motifs is 1.